The lowest BCUT2D eigenvalue weighted by molar-refractivity contribution is -0.908. The van der Waals surface area contributed by atoms with E-state index in [1.807, 2.05) is 60.1 Å². The van der Waals surface area contributed by atoms with E-state index in [0.29, 0.717) is 6.04 Å². The predicted octanol–water partition coefficient (Wildman–Crippen LogP) is 2.22. The third-order valence-corrected chi connectivity index (χ3v) is 5.38. The number of aromatic nitrogens is 2. The number of quaternary nitrogens is 1. The van der Waals surface area contributed by atoms with Crippen molar-refractivity contribution < 1.29 is 9.69 Å². The summed E-state index contributed by atoms with van der Waals surface area (Å²) in [5.41, 5.74) is 4.23. The highest BCUT2D eigenvalue weighted by Crippen LogP contribution is 2.23. The molecule has 28 heavy (non-hydrogen) atoms. The minimum Gasteiger partial charge on any atom is -0.348 e. The van der Waals surface area contributed by atoms with Gasteiger partial charge in [-0.3, -0.25) is 4.79 Å². The zero-order valence-electron chi connectivity index (χ0n) is 16.4. The smallest absolute Gasteiger partial charge is 0.278 e. The third kappa shape index (κ3) is 4.15. The van der Waals surface area contributed by atoms with Crippen LogP contribution in [0.3, 0.4) is 0 Å². The molecule has 1 aromatic heterocycles. The average molecular weight is 375 g/mol. The molecule has 1 unspecified atom stereocenters. The van der Waals surface area contributed by atoms with Gasteiger partial charge in [-0.2, -0.15) is 5.10 Å². The molecule has 1 saturated carbocycles. The first kappa shape index (κ1) is 18.4. The summed E-state index contributed by atoms with van der Waals surface area (Å²) in [5.74, 6) is 0.136. The fourth-order valence-corrected chi connectivity index (χ4v) is 3.32. The summed E-state index contributed by atoms with van der Waals surface area (Å²) in [7, 11) is 2.08. The molecule has 2 N–H and O–H groups in total. The molecule has 0 aliphatic heterocycles. The first-order valence-corrected chi connectivity index (χ1v) is 9.94. The van der Waals surface area contributed by atoms with E-state index in [-0.39, 0.29) is 11.9 Å². The van der Waals surface area contributed by atoms with Gasteiger partial charge in [-0.25, -0.2) is 4.68 Å². The molecule has 0 saturated heterocycles. The van der Waals surface area contributed by atoms with Gasteiger partial charge >= 0.3 is 0 Å². The summed E-state index contributed by atoms with van der Waals surface area (Å²) < 4.78 is 1.93. The van der Waals surface area contributed by atoms with E-state index in [0.717, 1.165) is 46.8 Å². The Morgan fingerprint density at radius 2 is 1.79 bits per heavy atom. The number of amides is 1. The molecule has 0 radical (unpaired) electrons. The maximum atomic E-state index is 12.5. The highest BCUT2D eigenvalue weighted by Gasteiger charge is 2.29. The molecule has 0 bridgehead atoms. The van der Waals surface area contributed by atoms with Crippen LogP contribution in [0.25, 0.3) is 16.9 Å². The first-order valence-electron chi connectivity index (χ1n) is 9.94. The number of carbonyl (C=O) groups is 1. The Morgan fingerprint density at radius 1 is 1.14 bits per heavy atom. The maximum absolute atomic E-state index is 12.5. The van der Waals surface area contributed by atoms with Gasteiger partial charge in [0.1, 0.15) is 12.2 Å². The summed E-state index contributed by atoms with van der Waals surface area (Å²) >= 11 is 0. The number of rotatable bonds is 7. The van der Waals surface area contributed by atoms with E-state index in [9.17, 15) is 4.79 Å². The molecule has 0 spiro atoms. The molecule has 2 atom stereocenters. The Balaban J connectivity index is 1.61. The minimum atomic E-state index is -0.107. The van der Waals surface area contributed by atoms with Crippen molar-refractivity contribution in [1.82, 2.24) is 15.1 Å². The standard InChI is InChI=1S/C23H26N4O/c1-17(23(28)24-20-13-14-20)26(2)15-19-16-27(21-11-7-4-8-12-21)25-22(19)18-9-5-3-6-10-18/h3-12,16-17,20H,13-15H2,1-2H3,(H,24,28)/p+1/t17-/m0/s1. The maximum Gasteiger partial charge on any atom is 0.278 e. The molecule has 4 rings (SSSR count). The number of nitrogens with one attached hydrogen (secondary N) is 2. The van der Waals surface area contributed by atoms with Crippen molar-refractivity contribution in [3.63, 3.8) is 0 Å². The summed E-state index contributed by atoms with van der Waals surface area (Å²) in [6, 6.07) is 20.7. The lowest BCUT2D eigenvalue weighted by Gasteiger charge is -2.21. The van der Waals surface area contributed by atoms with Gasteiger partial charge in [-0.15, -0.1) is 0 Å². The second kappa shape index (κ2) is 7.98. The minimum absolute atomic E-state index is 0.107. The van der Waals surface area contributed by atoms with Crippen molar-refractivity contribution in [2.24, 2.45) is 0 Å². The molecule has 3 aromatic rings. The summed E-state index contributed by atoms with van der Waals surface area (Å²) in [6.45, 7) is 2.73. The van der Waals surface area contributed by atoms with Crippen molar-refractivity contribution in [3.8, 4) is 16.9 Å². The van der Waals surface area contributed by atoms with Crippen molar-refractivity contribution in [2.45, 2.75) is 38.4 Å². The molecule has 1 heterocycles. The predicted molar refractivity (Wildman–Crippen MR) is 110 cm³/mol. The third-order valence-electron chi connectivity index (χ3n) is 5.38. The SMILES string of the molecule is C[C@@H](C(=O)NC1CC1)[NH+](C)Cc1cn(-c2ccccc2)nc1-c1ccccc1. The summed E-state index contributed by atoms with van der Waals surface area (Å²) in [5, 5.41) is 7.99. The van der Waals surface area contributed by atoms with Crippen LogP contribution in [-0.4, -0.2) is 34.8 Å². The normalized spacial score (nSPS) is 15.8. The average Bonchev–Trinajstić information content (AvgIpc) is 3.45. The lowest BCUT2D eigenvalue weighted by atomic mass is 10.1. The van der Waals surface area contributed by atoms with Gasteiger partial charge in [0.25, 0.3) is 5.91 Å². The monoisotopic (exact) mass is 375 g/mol. The fraction of sp³-hybridized carbons (Fsp3) is 0.304. The summed E-state index contributed by atoms with van der Waals surface area (Å²) in [6.07, 6.45) is 4.31. The van der Waals surface area contributed by atoms with Gasteiger partial charge in [0, 0.05) is 17.8 Å². The van der Waals surface area contributed by atoms with Crippen LogP contribution in [0.2, 0.25) is 0 Å². The molecular weight excluding hydrogens is 348 g/mol. The van der Waals surface area contributed by atoms with Crippen LogP contribution in [0.5, 0.6) is 0 Å². The summed E-state index contributed by atoms with van der Waals surface area (Å²) in [4.78, 5) is 13.6. The first-order chi connectivity index (χ1) is 13.6. The second-order valence-electron chi connectivity index (χ2n) is 7.68. The number of carbonyl (C=O) groups excluding carboxylic acids is 1. The van der Waals surface area contributed by atoms with E-state index in [1.54, 1.807) is 0 Å². The molecular formula is C23H27N4O+. The van der Waals surface area contributed by atoms with Crippen LogP contribution in [0.1, 0.15) is 25.3 Å². The van der Waals surface area contributed by atoms with Crippen molar-refractivity contribution in [1.29, 1.82) is 0 Å². The Kier molecular flexibility index (Phi) is 5.26. The molecule has 5 heteroatoms. The van der Waals surface area contributed by atoms with Crippen LogP contribution in [0, 0.1) is 0 Å². The Bertz CT molecular complexity index is 932. The lowest BCUT2D eigenvalue weighted by Crippen LogP contribution is -3.12. The van der Waals surface area contributed by atoms with E-state index in [2.05, 4.69) is 30.7 Å². The van der Waals surface area contributed by atoms with Crippen molar-refractivity contribution in [2.75, 3.05) is 7.05 Å². The van der Waals surface area contributed by atoms with Crippen LogP contribution in [0.4, 0.5) is 0 Å². The van der Waals surface area contributed by atoms with Gasteiger partial charge in [0.05, 0.1) is 18.3 Å². The van der Waals surface area contributed by atoms with Crippen LogP contribution in [-0.2, 0) is 11.3 Å². The molecule has 1 fully saturated rings. The number of para-hydroxylation sites is 1. The molecule has 1 aliphatic rings. The van der Waals surface area contributed by atoms with Gasteiger partial charge in [-0.1, -0.05) is 48.5 Å². The van der Waals surface area contributed by atoms with E-state index >= 15 is 0 Å². The van der Waals surface area contributed by atoms with Crippen LogP contribution >= 0.6 is 0 Å². The Hall–Kier alpha value is -2.92. The van der Waals surface area contributed by atoms with Gasteiger partial charge < -0.3 is 10.2 Å². The zero-order chi connectivity index (χ0) is 19.5. The zero-order valence-corrected chi connectivity index (χ0v) is 16.4. The number of hydrogen-bond acceptors (Lipinski definition) is 2. The number of likely N-dealkylation sites (N-methyl/N-ethyl adjacent to an activating group) is 1. The van der Waals surface area contributed by atoms with Crippen LogP contribution < -0.4 is 10.2 Å². The van der Waals surface area contributed by atoms with Gasteiger partial charge in [0.15, 0.2) is 6.04 Å². The highest BCUT2D eigenvalue weighted by molar-refractivity contribution is 5.80. The topological polar surface area (TPSA) is 51.4 Å². The Labute approximate surface area is 166 Å². The van der Waals surface area contributed by atoms with Gasteiger partial charge in [-0.05, 0) is 31.9 Å². The van der Waals surface area contributed by atoms with E-state index in [4.69, 9.17) is 5.10 Å². The van der Waals surface area contributed by atoms with Crippen molar-refractivity contribution >= 4 is 5.91 Å². The quantitative estimate of drug-likeness (QED) is 0.665. The fourth-order valence-electron chi connectivity index (χ4n) is 3.32. The molecule has 1 aliphatic carbocycles. The number of benzene rings is 2. The molecule has 144 valence electrons. The van der Waals surface area contributed by atoms with E-state index < -0.39 is 0 Å². The van der Waals surface area contributed by atoms with Crippen molar-refractivity contribution in [3.05, 3.63) is 72.4 Å². The van der Waals surface area contributed by atoms with Gasteiger partial charge in [0.2, 0.25) is 0 Å². The number of nitrogens with zero attached hydrogens (tertiary/aromatic N) is 2. The molecule has 5 nitrogen and oxygen atoms in total. The molecule has 1 amide bonds. The largest absolute Gasteiger partial charge is 0.348 e. The van der Waals surface area contributed by atoms with Crippen LogP contribution in [0.15, 0.2) is 66.9 Å². The number of hydrogen-bond donors (Lipinski definition) is 2. The highest BCUT2D eigenvalue weighted by atomic mass is 16.2. The molecule has 2 aromatic carbocycles. The van der Waals surface area contributed by atoms with E-state index in [1.165, 1.54) is 0 Å². The second-order valence-corrected chi connectivity index (χ2v) is 7.68. The Morgan fingerprint density at radius 3 is 2.43 bits per heavy atom.